The van der Waals surface area contributed by atoms with Crippen LogP contribution in [0.5, 0.6) is 0 Å². The molecule has 0 saturated carbocycles. The molecule has 52 heavy (non-hydrogen) atoms. The van der Waals surface area contributed by atoms with Gasteiger partial charge in [0.05, 0.1) is 76.7 Å². The van der Waals surface area contributed by atoms with E-state index < -0.39 is 56.8 Å². The average molecular weight is 723 g/mol. The van der Waals surface area contributed by atoms with E-state index in [1.165, 1.54) is 13.1 Å². The number of rotatable bonds is 3. The number of alkyl halides is 3. The number of fused-ring (bicyclic) bond motifs is 6. The molecule has 7 rings (SSSR count). The Hall–Kier alpha value is -6.62. The summed E-state index contributed by atoms with van der Waals surface area (Å²) in [6.45, 7) is 17.0. The molecule has 16 heteroatoms. The molecular weight excluding hydrogens is 710 g/mol. The quantitative estimate of drug-likeness (QED) is 0.107. The zero-order valence-corrected chi connectivity index (χ0v) is 26.8. The van der Waals surface area contributed by atoms with Crippen molar-refractivity contribution >= 4 is 23.2 Å². The van der Waals surface area contributed by atoms with E-state index in [1.807, 2.05) is 12.1 Å². The lowest BCUT2D eigenvalue weighted by molar-refractivity contribution is -0.0330. The Morgan fingerprint density at radius 1 is 0.731 bits per heavy atom. The SMILES string of the molecule is [C-]#[N+]/C(C#N)=c1/c2c(/c(=C(\C#N)[N+]#[C-])c3c1-c1nc(-c4cc(F)c(C)c(F)c4)cnc1C3)-c1nc(-c3cc(F)c(SC(F)(F)F)c(F)c3)cnc1C2. The van der Waals surface area contributed by atoms with Crippen LogP contribution in [0, 0.1) is 66.0 Å². The predicted octanol–water partition coefficient (Wildman–Crippen LogP) is 7.32. The van der Waals surface area contributed by atoms with Crippen LogP contribution in [0.2, 0.25) is 0 Å². The van der Waals surface area contributed by atoms with Crippen LogP contribution in [0.1, 0.15) is 28.1 Å². The zero-order chi connectivity index (χ0) is 37.2. The molecule has 0 bridgehead atoms. The minimum Gasteiger partial charge on any atom is -0.256 e. The Morgan fingerprint density at radius 3 is 1.50 bits per heavy atom. The second-order valence-electron chi connectivity index (χ2n) is 11.4. The summed E-state index contributed by atoms with van der Waals surface area (Å²) in [7, 11) is 0. The van der Waals surface area contributed by atoms with Crippen LogP contribution in [0.4, 0.5) is 30.7 Å². The van der Waals surface area contributed by atoms with Gasteiger partial charge in [-0.25, -0.2) is 47.7 Å². The van der Waals surface area contributed by atoms with Crippen LogP contribution in [0.15, 0.2) is 41.6 Å². The first-order valence-corrected chi connectivity index (χ1v) is 15.5. The highest BCUT2D eigenvalue weighted by molar-refractivity contribution is 8.00. The fourth-order valence-electron chi connectivity index (χ4n) is 6.34. The van der Waals surface area contributed by atoms with Crippen molar-refractivity contribution in [3.63, 3.8) is 0 Å². The molecule has 252 valence electrons. The third-order valence-corrected chi connectivity index (χ3v) is 9.39. The van der Waals surface area contributed by atoms with Gasteiger partial charge in [-0.1, -0.05) is 0 Å². The molecule has 0 N–H and O–H groups in total. The summed E-state index contributed by atoms with van der Waals surface area (Å²) in [5, 5.41) is 20.4. The van der Waals surface area contributed by atoms with E-state index in [2.05, 4.69) is 29.6 Å². The van der Waals surface area contributed by atoms with Crippen molar-refractivity contribution in [2.24, 2.45) is 0 Å². The Bertz CT molecular complexity index is 2690. The molecule has 0 saturated heterocycles. The van der Waals surface area contributed by atoms with Gasteiger partial charge < -0.3 is 0 Å². The van der Waals surface area contributed by atoms with Crippen molar-refractivity contribution in [2.75, 3.05) is 0 Å². The highest BCUT2D eigenvalue weighted by Gasteiger charge is 2.36. The van der Waals surface area contributed by atoms with E-state index in [4.69, 9.17) is 13.1 Å². The summed E-state index contributed by atoms with van der Waals surface area (Å²) < 4.78 is 97.5. The molecule has 2 heterocycles. The van der Waals surface area contributed by atoms with E-state index in [-0.39, 0.29) is 90.7 Å². The lowest BCUT2D eigenvalue weighted by Crippen LogP contribution is -2.26. The third-order valence-electron chi connectivity index (χ3n) is 8.56. The summed E-state index contributed by atoms with van der Waals surface area (Å²) in [6.07, 6.45) is 2.28. The molecule has 0 spiro atoms. The molecule has 0 amide bonds. The van der Waals surface area contributed by atoms with Crippen molar-refractivity contribution in [1.82, 2.24) is 19.9 Å². The van der Waals surface area contributed by atoms with Crippen LogP contribution >= 0.6 is 11.8 Å². The first-order chi connectivity index (χ1) is 24.8. The largest absolute Gasteiger partial charge is 0.446 e. The summed E-state index contributed by atoms with van der Waals surface area (Å²) >= 11 is -0.949. The maximum atomic E-state index is 14.8. The molecule has 0 aliphatic heterocycles. The van der Waals surface area contributed by atoms with E-state index in [1.54, 1.807) is 0 Å². The van der Waals surface area contributed by atoms with E-state index in [9.17, 15) is 41.3 Å². The minimum absolute atomic E-state index is 0.0444. The van der Waals surface area contributed by atoms with Crippen LogP contribution in [0.3, 0.4) is 0 Å². The van der Waals surface area contributed by atoms with E-state index >= 15 is 0 Å². The third kappa shape index (κ3) is 5.38. The van der Waals surface area contributed by atoms with E-state index in [0.29, 0.717) is 17.8 Å². The Balaban J connectivity index is 1.52. The second kappa shape index (κ2) is 12.3. The highest BCUT2D eigenvalue weighted by atomic mass is 32.2. The van der Waals surface area contributed by atoms with Crippen molar-refractivity contribution in [2.45, 2.75) is 30.2 Å². The number of nitriles is 2. The van der Waals surface area contributed by atoms with Crippen LogP contribution in [-0.4, -0.2) is 25.4 Å². The van der Waals surface area contributed by atoms with Crippen LogP contribution in [-0.2, 0) is 12.8 Å². The molecule has 0 radical (unpaired) electrons. The Morgan fingerprint density at radius 2 is 1.13 bits per heavy atom. The molecule has 2 aliphatic rings. The number of aromatic nitrogens is 4. The van der Waals surface area contributed by atoms with Crippen molar-refractivity contribution < 1.29 is 30.7 Å². The standard InChI is InChI=1S/C36H13F7N8S/c1-14-19(37)4-15(5-20(14)38)27-12-48-23-8-17-30(26(11-45)47-3)32-18(29(25(10-44)46-2)31(17)33(23)50-27)9-24-34(32)51-28(13-49-24)16-6-21(39)35(22(40)7-16)52-36(41,42)43/h4-7,12-13H,8-9H2,1H3/b29-25-,30-26+. The van der Waals surface area contributed by atoms with Crippen LogP contribution < -0.4 is 10.4 Å². The van der Waals surface area contributed by atoms with Gasteiger partial charge >= 0.3 is 5.51 Å². The Kier molecular flexibility index (Phi) is 8.01. The van der Waals surface area contributed by atoms with Crippen molar-refractivity contribution in [3.8, 4) is 57.2 Å². The van der Waals surface area contributed by atoms with Gasteiger partial charge in [0.2, 0.25) is 0 Å². The van der Waals surface area contributed by atoms with Gasteiger partial charge in [0.25, 0.3) is 11.4 Å². The summed E-state index contributed by atoms with van der Waals surface area (Å²) in [6, 6.07) is 7.25. The monoisotopic (exact) mass is 722 g/mol. The second-order valence-corrected chi connectivity index (χ2v) is 12.5. The van der Waals surface area contributed by atoms with Crippen molar-refractivity contribution in [1.29, 1.82) is 10.5 Å². The molecule has 2 aliphatic carbocycles. The van der Waals surface area contributed by atoms with Crippen LogP contribution in [0.25, 0.3) is 66.1 Å². The van der Waals surface area contributed by atoms with Gasteiger partial charge in [-0.05, 0) is 54.1 Å². The van der Waals surface area contributed by atoms with Gasteiger partial charge in [-0.15, -0.1) is 0 Å². The molecule has 2 aromatic heterocycles. The molecule has 0 unspecified atom stereocenters. The Labute approximate surface area is 292 Å². The topological polar surface area (TPSA) is 108 Å². The minimum atomic E-state index is -4.96. The fourth-order valence-corrected chi connectivity index (χ4v) is 6.88. The van der Waals surface area contributed by atoms with Crippen molar-refractivity contribution in [3.05, 3.63) is 121 Å². The summed E-state index contributed by atoms with van der Waals surface area (Å²) in [5.74, 6) is -4.63. The van der Waals surface area contributed by atoms with Gasteiger partial charge in [0, 0.05) is 51.1 Å². The maximum Gasteiger partial charge on any atom is 0.446 e. The average Bonchev–Trinajstić information content (AvgIpc) is 3.67. The molecule has 8 nitrogen and oxygen atoms in total. The molecule has 3 aromatic carbocycles. The smallest absolute Gasteiger partial charge is 0.256 e. The number of hydrogen-bond acceptors (Lipinski definition) is 7. The predicted molar refractivity (Wildman–Crippen MR) is 172 cm³/mol. The maximum absolute atomic E-state index is 14.8. The number of nitrogens with zero attached hydrogens (tertiary/aromatic N) is 8. The molecule has 0 atom stereocenters. The number of hydrogen-bond donors (Lipinski definition) is 0. The number of halogens is 7. The lowest BCUT2D eigenvalue weighted by atomic mass is 9.92. The summed E-state index contributed by atoms with van der Waals surface area (Å²) in [4.78, 5) is 23.6. The normalized spacial score (nSPS) is 13.5. The van der Waals surface area contributed by atoms with Gasteiger partial charge in [-0.3, -0.25) is 9.97 Å². The lowest BCUT2D eigenvalue weighted by Gasteiger charge is -2.13. The summed E-state index contributed by atoms with van der Waals surface area (Å²) in [5.41, 5.74) is -4.67. The number of benzene rings is 3. The highest BCUT2D eigenvalue weighted by Crippen LogP contribution is 2.42. The van der Waals surface area contributed by atoms with Gasteiger partial charge in [0.1, 0.15) is 23.3 Å². The first kappa shape index (κ1) is 33.9. The molecular formula is C36H13F7N8S. The number of thioether (sulfide) groups is 1. The van der Waals surface area contributed by atoms with Gasteiger partial charge in [0.15, 0.2) is 0 Å². The molecule has 5 aromatic rings. The first-order valence-electron chi connectivity index (χ1n) is 14.7. The van der Waals surface area contributed by atoms with Gasteiger partial charge in [-0.2, -0.15) is 13.2 Å². The molecule has 0 fully saturated rings. The van der Waals surface area contributed by atoms with E-state index in [0.717, 1.165) is 18.3 Å². The zero-order valence-electron chi connectivity index (χ0n) is 26.0. The fraction of sp³-hybridized carbons (Fsp3) is 0.111.